The first kappa shape index (κ1) is 22.0. The molecule has 2 rings (SSSR count). The van der Waals surface area contributed by atoms with E-state index in [1.165, 1.54) is 29.4 Å². The van der Waals surface area contributed by atoms with E-state index in [1.807, 2.05) is 24.3 Å². The zero-order chi connectivity index (χ0) is 21.2. The van der Waals surface area contributed by atoms with Crippen molar-refractivity contribution >= 4 is 11.9 Å². The molecule has 0 aromatic heterocycles. The van der Waals surface area contributed by atoms with Crippen LogP contribution in [-0.2, 0) is 0 Å². The van der Waals surface area contributed by atoms with Crippen LogP contribution in [0.25, 0.3) is 6.08 Å². The second kappa shape index (κ2) is 10.9. The van der Waals surface area contributed by atoms with Gasteiger partial charge in [-0.1, -0.05) is 35.4 Å². The summed E-state index contributed by atoms with van der Waals surface area (Å²) in [5, 5.41) is 19.0. The van der Waals surface area contributed by atoms with Crippen LogP contribution < -0.4 is 4.74 Å². The highest BCUT2D eigenvalue weighted by Crippen LogP contribution is 2.23. The average molecular weight is 392 g/mol. The standard InChI is InChI=1S/C25H28O4/c1-18(2)5-4-6-19(3)15-16-29-22-11-7-20(8-12-22)9-14-24(27)23-13-10-21(26)17-25(23)28/h5,7-15,17,26,28H,4,6,16H2,1-3H3/b14-9+,19-15+. The fourth-order valence-corrected chi connectivity index (χ4v) is 2.64. The molecule has 152 valence electrons. The van der Waals surface area contributed by atoms with Crippen molar-refractivity contribution in [2.24, 2.45) is 0 Å². The summed E-state index contributed by atoms with van der Waals surface area (Å²) < 4.78 is 5.74. The number of phenols is 2. The monoisotopic (exact) mass is 392 g/mol. The molecule has 0 bridgehead atoms. The number of carbonyl (C=O) groups is 1. The Balaban J connectivity index is 1.87. The van der Waals surface area contributed by atoms with E-state index in [0.29, 0.717) is 6.61 Å². The van der Waals surface area contributed by atoms with Crippen molar-refractivity contribution in [2.45, 2.75) is 33.6 Å². The van der Waals surface area contributed by atoms with Gasteiger partial charge in [-0.2, -0.15) is 0 Å². The van der Waals surface area contributed by atoms with Gasteiger partial charge in [0.25, 0.3) is 0 Å². The Morgan fingerprint density at radius 2 is 1.72 bits per heavy atom. The zero-order valence-corrected chi connectivity index (χ0v) is 17.2. The molecule has 0 radical (unpaired) electrons. The number of carbonyl (C=O) groups excluding carboxylic acids is 1. The summed E-state index contributed by atoms with van der Waals surface area (Å²) >= 11 is 0. The topological polar surface area (TPSA) is 66.8 Å². The second-order valence-electron chi connectivity index (χ2n) is 7.15. The summed E-state index contributed by atoms with van der Waals surface area (Å²) in [5.41, 5.74) is 3.63. The highest BCUT2D eigenvalue weighted by molar-refractivity contribution is 6.08. The molecule has 29 heavy (non-hydrogen) atoms. The van der Waals surface area contributed by atoms with E-state index in [1.54, 1.807) is 6.08 Å². The van der Waals surface area contributed by atoms with Crippen LogP contribution in [0.15, 0.2) is 71.8 Å². The summed E-state index contributed by atoms with van der Waals surface area (Å²) in [4.78, 5) is 12.2. The van der Waals surface area contributed by atoms with Crippen LogP contribution in [0.2, 0.25) is 0 Å². The molecule has 4 nitrogen and oxygen atoms in total. The maximum absolute atomic E-state index is 12.2. The van der Waals surface area contributed by atoms with E-state index >= 15 is 0 Å². The minimum atomic E-state index is -0.337. The molecule has 0 unspecified atom stereocenters. The minimum absolute atomic E-state index is 0.0865. The van der Waals surface area contributed by atoms with Gasteiger partial charge < -0.3 is 14.9 Å². The van der Waals surface area contributed by atoms with Crippen molar-refractivity contribution in [3.05, 3.63) is 83.0 Å². The number of ether oxygens (including phenoxy) is 1. The van der Waals surface area contributed by atoms with Crippen LogP contribution in [-0.4, -0.2) is 22.6 Å². The van der Waals surface area contributed by atoms with E-state index in [-0.39, 0.29) is 22.8 Å². The lowest BCUT2D eigenvalue weighted by Crippen LogP contribution is -1.95. The Morgan fingerprint density at radius 3 is 2.38 bits per heavy atom. The first-order chi connectivity index (χ1) is 13.8. The first-order valence-electron chi connectivity index (χ1n) is 9.61. The van der Waals surface area contributed by atoms with E-state index in [2.05, 4.69) is 32.9 Å². The van der Waals surface area contributed by atoms with E-state index in [0.717, 1.165) is 30.2 Å². The van der Waals surface area contributed by atoms with Gasteiger partial charge in [0.05, 0.1) is 5.56 Å². The Hall–Kier alpha value is -3.27. The molecule has 2 N–H and O–H groups in total. The van der Waals surface area contributed by atoms with Crippen LogP contribution in [0.3, 0.4) is 0 Å². The summed E-state index contributed by atoms with van der Waals surface area (Å²) in [6, 6.07) is 11.3. The van der Waals surface area contributed by atoms with E-state index in [4.69, 9.17) is 4.74 Å². The van der Waals surface area contributed by atoms with E-state index in [9.17, 15) is 15.0 Å². The van der Waals surface area contributed by atoms with Crippen LogP contribution in [0, 0.1) is 0 Å². The van der Waals surface area contributed by atoms with Crippen molar-refractivity contribution in [1.82, 2.24) is 0 Å². The maximum atomic E-state index is 12.2. The van der Waals surface area contributed by atoms with Gasteiger partial charge in [-0.15, -0.1) is 0 Å². The van der Waals surface area contributed by atoms with Gasteiger partial charge >= 0.3 is 0 Å². The SMILES string of the molecule is CC(C)=CCC/C(C)=C/COc1ccc(/C=C/C(=O)c2ccc(O)cc2O)cc1. The number of benzene rings is 2. The fraction of sp³-hybridized carbons (Fsp3) is 0.240. The number of allylic oxidation sites excluding steroid dienone is 4. The average Bonchev–Trinajstić information content (AvgIpc) is 2.67. The quantitative estimate of drug-likeness (QED) is 0.309. The van der Waals surface area contributed by atoms with Crippen molar-refractivity contribution < 1.29 is 19.7 Å². The van der Waals surface area contributed by atoms with Gasteiger partial charge in [0, 0.05) is 6.07 Å². The molecular weight excluding hydrogens is 364 g/mol. The van der Waals surface area contributed by atoms with Crippen LogP contribution >= 0.6 is 0 Å². The first-order valence-corrected chi connectivity index (χ1v) is 9.61. The fourth-order valence-electron chi connectivity index (χ4n) is 2.64. The summed E-state index contributed by atoms with van der Waals surface area (Å²) in [5.74, 6) is 0.0960. The summed E-state index contributed by atoms with van der Waals surface area (Å²) in [6.45, 7) is 6.84. The van der Waals surface area contributed by atoms with Gasteiger partial charge in [-0.25, -0.2) is 0 Å². The zero-order valence-electron chi connectivity index (χ0n) is 17.2. The molecule has 0 aliphatic carbocycles. The van der Waals surface area contributed by atoms with Crippen LogP contribution in [0.5, 0.6) is 17.2 Å². The number of aromatic hydroxyl groups is 2. The molecule has 0 heterocycles. The van der Waals surface area contributed by atoms with Crippen LogP contribution in [0.4, 0.5) is 0 Å². The molecule has 0 saturated carbocycles. The normalized spacial score (nSPS) is 11.5. The smallest absolute Gasteiger partial charge is 0.189 e. The third-order valence-corrected chi connectivity index (χ3v) is 4.33. The lowest BCUT2D eigenvalue weighted by Gasteiger charge is -2.05. The number of ketones is 1. The maximum Gasteiger partial charge on any atom is 0.189 e. The third kappa shape index (κ3) is 7.70. The van der Waals surface area contributed by atoms with Gasteiger partial charge in [-0.3, -0.25) is 4.79 Å². The summed E-state index contributed by atoms with van der Waals surface area (Å²) in [7, 11) is 0. The molecule has 4 heteroatoms. The lowest BCUT2D eigenvalue weighted by molar-refractivity contribution is 0.104. The lowest BCUT2D eigenvalue weighted by atomic mass is 10.1. The van der Waals surface area contributed by atoms with Gasteiger partial charge in [-0.05, 0) is 75.6 Å². The highest BCUT2D eigenvalue weighted by atomic mass is 16.5. The molecule has 0 aliphatic rings. The van der Waals surface area contributed by atoms with Crippen molar-refractivity contribution in [3.8, 4) is 17.2 Å². The molecule has 2 aromatic rings. The van der Waals surface area contributed by atoms with Crippen molar-refractivity contribution in [2.75, 3.05) is 6.61 Å². The molecule has 2 aromatic carbocycles. The van der Waals surface area contributed by atoms with Crippen molar-refractivity contribution in [1.29, 1.82) is 0 Å². The molecule has 0 fully saturated rings. The third-order valence-electron chi connectivity index (χ3n) is 4.33. The number of phenolic OH excluding ortho intramolecular Hbond substituents is 2. The van der Waals surface area contributed by atoms with Gasteiger partial charge in [0.15, 0.2) is 5.78 Å². The summed E-state index contributed by atoms with van der Waals surface area (Å²) in [6.07, 6.45) is 9.47. The molecule has 0 saturated heterocycles. The molecule has 0 aliphatic heterocycles. The van der Waals surface area contributed by atoms with Gasteiger partial charge in [0.2, 0.25) is 0 Å². The minimum Gasteiger partial charge on any atom is -0.508 e. The van der Waals surface area contributed by atoms with Crippen LogP contribution in [0.1, 0.15) is 49.5 Å². The molecular formula is C25H28O4. The number of rotatable bonds is 9. The second-order valence-corrected chi connectivity index (χ2v) is 7.15. The number of hydrogen-bond donors (Lipinski definition) is 2. The predicted molar refractivity (Wildman–Crippen MR) is 117 cm³/mol. The van der Waals surface area contributed by atoms with Gasteiger partial charge in [0.1, 0.15) is 23.9 Å². The highest BCUT2D eigenvalue weighted by Gasteiger charge is 2.08. The molecule has 0 amide bonds. The molecule has 0 spiro atoms. The Kier molecular flexibility index (Phi) is 8.28. The van der Waals surface area contributed by atoms with Crippen molar-refractivity contribution in [3.63, 3.8) is 0 Å². The van der Waals surface area contributed by atoms with E-state index < -0.39 is 0 Å². The Morgan fingerprint density at radius 1 is 1.00 bits per heavy atom. The molecule has 0 atom stereocenters. The largest absolute Gasteiger partial charge is 0.508 e. The predicted octanol–water partition coefficient (Wildman–Crippen LogP) is 6.07. The Labute approximate surface area is 172 Å². The Bertz CT molecular complexity index is 914. The number of hydrogen-bond acceptors (Lipinski definition) is 4.